The molecule has 0 atom stereocenters. The van der Waals surface area contributed by atoms with Crippen molar-refractivity contribution in [1.29, 1.82) is 0 Å². The maximum atomic E-state index is 9.77. The Balaban J connectivity index is 2.07. The van der Waals surface area contributed by atoms with Gasteiger partial charge in [0, 0.05) is 18.3 Å². The van der Waals surface area contributed by atoms with Gasteiger partial charge < -0.3 is 15.2 Å². The lowest BCUT2D eigenvalue weighted by Gasteiger charge is -2.11. The average Bonchev–Trinajstić information content (AvgIpc) is 2.43. The van der Waals surface area contributed by atoms with E-state index in [1.807, 2.05) is 57.2 Å². The van der Waals surface area contributed by atoms with Crippen molar-refractivity contribution in [3.05, 3.63) is 53.1 Å². The maximum absolute atomic E-state index is 9.77. The van der Waals surface area contributed by atoms with Crippen LogP contribution < -0.4 is 10.1 Å². The highest BCUT2D eigenvalue weighted by Gasteiger charge is 2.03. The largest absolute Gasteiger partial charge is 0.507 e. The summed E-state index contributed by atoms with van der Waals surface area (Å²) in [6, 6.07) is 11.9. The molecule has 2 rings (SSSR count). The number of anilines is 1. The molecule has 20 heavy (non-hydrogen) atoms. The standard InChI is InChI=1S/C17H21NO2/c1-4-20-16-7-5-6-15(10-16)18-11-14-8-12(2)17(19)13(3)9-14/h5-10,18-19H,4,11H2,1-3H3. The highest BCUT2D eigenvalue weighted by molar-refractivity contribution is 5.49. The van der Waals surface area contributed by atoms with Crippen LogP contribution in [0.2, 0.25) is 0 Å². The zero-order chi connectivity index (χ0) is 14.5. The van der Waals surface area contributed by atoms with Crippen LogP contribution in [0.4, 0.5) is 5.69 Å². The second kappa shape index (κ2) is 6.33. The second-order valence-electron chi connectivity index (χ2n) is 4.89. The maximum Gasteiger partial charge on any atom is 0.121 e. The van der Waals surface area contributed by atoms with Crippen LogP contribution in [0.25, 0.3) is 0 Å². The van der Waals surface area contributed by atoms with Crippen LogP contribution in [-0.4, -0.2) is 11.7 Å². The highest BCUT2D eigenvalue weighted by Crippen LogP contribution is 2.24. The molecule has 0 bridgehead atoms. The van der Waals surface area contributed by atoms with Crippen molar-refractivity contribution in [3.8, 4) is 11.5 Å². The predicted molar refractivity (Wildman–Crippen MR) is 82.5 cm³/mol. The fourth-order valence-electron chi connectivity index (χ4n) is 2.21. The molecule has 0 aliphatic rings. The number of ether oxygens (including phenoxy) is 1. The number of phenolic OH excluding ortho intramolecular Hbond substituents is 1. The van der Waals surface area contributed by atoms with Crippen molar-refractivity contribution in [3.63, 3.8) is 0 Å². The summed E-state index contributed by atoms with van der Waals surface area (Å²) in [4.78, 5) is 0. The summed E-state index contributed by atoms with van der Waals surface area (Å²) < 4.78 is 5.48. The first kappa shape index (κ1) is 14.3. The molecule has 3 heteroatoms. The Morgan fingerprint density at radius 1 is 1.10 bits per heavy atom. The fraction of sp³-hybridized carbons (Fsp3) is 0.294. The van der Waals surface area contributed by atoms with Gasteiger partial charge >= 0.3 is 0 Å². The molecule has 0 amide bonds. The normalized spacial score (nSPS) is 10.3. The first-order valence-electron chi connectivity index (χ1n) is 6.86. The summed E-state index contributed by atoms with van der Waals surface area (Å²) in [6.45, 7) is 7.20. The summed E-state index contributed by atoms with van der Waals surface area (Å²) >= 11 is 0. The third-order valence-electron chi connectivity index (χ3n) is 3.19. The van der Waals surface area contributed by atoms with Crippen LogP contribution in [0.15, 0.2) is 36.4 Å². The van der Waals surface area contributed by atoms with Crippen molar-refractivity contribution in [2.45, 2.75) is 27.3 Å². The third kappa shape index (κ3) is 3.44. The Labute approximate surface area is 120 Å². The van der Waals surface area contributed by atoms with Crippen molar-refractivity contribution < 1.29 is 9.84 Å². The lowest BCUT2D eigenvalue weighted by molar-refractivity contribution is 0.340. The van der Waals surface area contributed by atoms with Gasteiger partial charge in [0.2, 0.25) is 0 Å². The van der Waals surface area contributed by atoms with Crippen LogP contribution in [0.3, 0.4) is 0 Å². The molecular weight excluding hydrogens is 250 g/mol. The van der Waals surface area contributed by atoms with E-state index in [9.17, 15) is 5.11 Å². The molecule has 0 aromatic heterocycles. The van der Waals surface area contributed by atoms with Gasteiger partial charge in [0.15, 0.2) is 0 Å². The van der Waals surface area contributed by atoms with E-state index in [1.54, 1.807) is 0 Å². The monoisotopic (exact) mass is 271 g/mol. The number of hydrogen-bond acceptors (Lipinski definition) is 3. The van der Waals surface area contributed by atoms with Crippen LogP contribution in [-0.2, 0) is 6.54 Å². The van der Waals surface area contributed by atoms with Gasteiger partial charge in [-0.1, -0.05) is 18.2 Å². The Hall–Kier alpha value is -2.16. The number of aromatic hydroxyl groups is 1. The van der Waals surface area contributed by atoms with Crippen LogP contribution in [0, 0.1) is 13.8 Å². The van der Waals surface area contributed by atoms with Gasteiger partial charge in [-0.2, -0.15) is 0 Å². The number of rotatable bonds is 5. The van der Waals surface area contributed by atoms with Gasteiger partial charge in [-0.15, -0.1) is 0 Å². The molecule has 0 saturated heterocycles. The minimum atomic E-state index is 0.382. The molecule has 2 aromatic carbocycles. The van der Waals surface area contributed by atoms with E-state index in [4.69, 9.17) is 4.74 Å². The number of benzene rings is 2. The second-order valence-corrected chi connectivity index (χ2v) is 4.89. The third-order valence-corrected chi connectivity index (χ3v) is 3.19. The molecule has 0 unspecified atom stereocenters. The molecule has 0 fully saturated rings. The minimum absolute atomic E-state index is 0.382. The smallest absolute Gasteiger partial charge is 0.121 e. The van der Waals surface area contributed by atoms with Gasteiger partial charge in [-0.3, -0.25) is 0 Å². The van der Waals surface area contributed by atoms with E-state index in [-0.39, 0.29) is 0 Å². The molecule has 2 aromatic rings. The highest BCUT2D eigenvalue weighted by atomic mass is 16.5. The van der Waals surface area contributed by atoms with Crippen LogP contribution in [0.1, 0.15) is 23.6 Å². The molecular formula is C17H21NO2. The lowest BCUT2D eigenvalue weighted by Crippen LogP contribution is -2.01. The molecule has 2 N–H and O–H groups in total. The number of hydrogen-bond donors (Lipinski definition) is 2. The quantitative estimate of drug-likeness (QED) is 0.863. The van der Waals surface area contributed by atoms with E-state index < -0.39 is 0 Å². The fourth-order valence-corrected chi connectivity index (χ4v) is 2.21. The molecule has 0 heterocycles. The summed E-state index contributed by atoms with van der Waals surface area (Å²) in [6.07, 6.45) is 0. The minimum Gasteiger partial charge on any atom is -0.507 e. The van der Waals surface area contributed by atoms with E-state index in [2.05, 4.69) is 5.32 Å². The summed E-state index contributed by atoms with van der Waals surface area (Å²) in [5, 5.41) is 13.1. The molecule has 0 saturated carbocycles. The summed E-state index contributed by atoms with van der Waals surface area (Å²) in [5.74, 6) is 1.25. The first-order valence-corrected chi connectivity index (χ1v) is 6.86. The van der Waals surface area contributed by atoms with Gasteiger partial charge in [-0.05, 0) is 49.6 Å². The zero-order valence-corrected chi connectivity index (χ0v) is 12.2. The number of phenols is 1. The van der Waals surface area contributed by atoms with Crippen LogP contribution in [0.5, 0.6) is 11.5 Å². The lowest BCUT2D eigenvalue weighted by atomic mass is 10.1. The first-order chi connectivity index (χ1) is 9.60. The molecule has 0 aliphatic heterocycles. The molecule has 3 nitrogen and oxygen atoms in total. The average molecular weight is 271 g/mol. The van der Waals surface area contributed by atoms with Gasteiger partial charge in [0.25, 0.3) is 0 Å². The van der Waals surface area contributed by atoms with Crippen LogP contribution >= 0.6 is 0 Å². The van der Waals surface area contributed by atoms with Gasteiger partial charge in [-0.25, -0.2) is 0 Å². The van der Waals surface area contributed by atoms with Crippen molar-refractivity contribution in [2.24, 2.45) is 0 Å². The summed E-state index contributed by atoms with van der Waals surface area (Å²) in [7, 11) is 0. The number of aryl methyl sites for hydroxylation is 2. The van der Waals surface area contributed by atoms with E-state index in [0.29, 0.717) is 12.4 Å². The molecule has 0 radical (unpaired) electrons. The Bertz CT molecular complexity index is 570. The Kier molecular flexibility index (Phi) is 4.51. The Morgan fingerprint density at radius 2 is 1.80 bits per heavy atom. The predicted octanol–water partition coefficient (Wildman–Crippen LogP) is 4.02. The molecule has 0 spiro atoms. The SMILES string of the molecule is CCOc1cccc(NCc2cc(C)c(O)c(C)c2)c1. The molecule has 106 valence electrons. The van der Waals surface area contributed by atoms with Gasteiger partial charge in [0.1, 0.15) is 11.5 Å². The van der Waals surface area contributed by atoms with Crippen molar-refractivity contribution in [2.75, 3.05) is 11.9 Å². The zero-order valence-electron chi connectivity index (χ0n) is 12.2. The Morgan fingerprint density at radius 3 is 2.45 bits per heavy atom. The van der Waals surface area contributed by atoms with E-state index >= 15 is 0 Å². The topological polar surface area (TPSA) is 41.5 Å². The molecule has 0 aliphatic carbocycles. The van der Waals surface area contributed by atoms with Gasteiger partial charge in [0.05, 0.1) is 6.61 Å². The van der Waals surface area contributed by atoms with Crippen molar-refractivity contribution in [1.82, 2.24) is 0 Å². The van der Waals surface area contributed by atoms with E-state index in [1.165, 1.54) is 0 Å². The number of nitrogens with one attached hydrogen (secondary N) is 1. The summed E-state index contributed by atoms with van der Waals surface area (Å²) in [5.41, 5.74) is 3.99. The van der Waals surface area contributed by atoms with E-state index in [0.717, 1.165) is 34.7 Å². The van der Waals surface area contributed by atoms with Crippen molar-refractivity contribution >= 4 is 5.69 Å².